The van der Waals surface area contributed by atoms with E-state index < -0.39 is 0 Å². The third-order valence-electron chi connectivity index (χ3n) is 4.53. The van der Waals surface area contributed by atoms with Crippen molar-refractivity contribution < 1.29 is 9.84 Å². The molecule has 3 rings (SSSR count). The zero-order valence-corrected chi connectivity index (χ0v) is 15.0. The monoisotopic (exact) mass is 348 g/mol. The van der Waals surface area contributed by atoms with Gasteiger partial charge in [-0.2, -0.15) is 5.10 Å². The van der Waals surface area contributed by atoms with Gasteiger partial charge in [0.05, 0.1) is 13.3 Å². The molecule has 2 heterocycles. The number of benzene rings is 1. The lowest BCUT2D eigenvalue weighted by Crippen LogP contribution is -2.27. The lowest BCUT2D eigenvalue weighted by molar-refractivity contribution is 0.188. The Balaban J connectivity index is 1.77. The Labute approximate surface area is 147 Å². The molecule has 2 aromatic rings. The zero-order valence-electron chi connectivity index (χ0n) is 14.2. The quantitative estimate of drug-likeness (QED) is 0.814. The smallest absolute Gasteiger partial charge is 0.198 e. The normalized spacial score (nSPS) is 18.2. The second-order valence-corrected chi connectivity index (χ2v) is 6.39. The van der Waals surface area contributed by atoms with Crippen molar-refractivity contribution in [2.75, 3.05) is 13.2 Å². The summed E-state index contributed by atoms with van der Waals surface area (Å²) in [5.74, 6) is 1.50. The Morgan fingerprint density at radius 1 is 1.33 bits per heavy atom. The molecule has 6 nitrogen and oxygen atoms in total. The second-order valence-electron chi connectivity index (χ2n) is 6.03. The van der Waals surface area contributed by atoms with Gasteiger partial charge in [0.1, 0.15) is 12.4 Å². The number of aliphatic hydroxyl groups excluding tert-OH is 1. The van der Waals surface area contributed by atoms with Crippen molar-refractivity contribution >= 4 is 12.2 Å². The molecule has 1 N–H and O–H groups in total. The minimum Gasteiger partial charge on any atom is -0.494 e. The van der Waals surface area contributed by atoms with E-state index in [0.29, 0.717) is 29.9 Å². The minimum absolute atomic E-state index is 0.102. The van der Waals surface area contributed by atoms with E-state index in [-0.39, 0.29) is 6.61 Å². The Morgan fingerprint density at radius 2 is 2.08 bits per heavy atom. The molecule has 0 aliphatic carbocycles. The van der Waals surface area contributed by atoms with Crippen LogP contribution in [0, 0.1) is 4.77 Å². The van der Waals surface area contributed by atoms with Crippen LogP contribution in [0.2, 0.25) is 0 Å². The van der Waals surface area contributed by atoms with Crippen LogP contribution in [0.25, 0.3) is 0 Å². The largest absolute Gasteiger partial charge is 0.494 e. The average Bonchev–Trinajstić information content (AvgIpc) is 3.16. The topological polar surface area (TPSA) is 55.4 Å². The molecule has 7 heteroatoms. The zero-order chi connectivity index (χ0) is 17.1. The molecule has 1 aliphatic heterocycles. The van der Waals surface area contributed by atoms with Gasteiger partial charge in [0.25, 0.3) is 0 Å². The first-order chi connectivity index (χ1) is 11.6. The van der Waals surface area contributed by atoms with Gasteiger partial charge >= 0.3 is 0 Å². The third kappa shape index (κ3) is 3.38. The van der Waals surface area contributed by atoms with Gasteiger partial charge in [-0.25, -0.2) is 4.68 Å². The maximum absolute atomic E-state index is 9.35. The number of hydrogen-bond donors (Lipinski definition) is 1. The minimum atomic E-state index is -0.102. The van der Waals surface area contributed by atoms with Crippen LogP contribution < -0.4 is 4.74 Å². The van der Waals surface area contributed by atoms with Crippen LogP contribution in [0.5, 0.6) is 5.75 Å². The summed E-state index contributed by atoms with van der Waals surface area (Å²) >= 11 is 5.43. The highest BCUT2D eigenvalue weighted by Crippen LogP contribution is 2.33. The Kier molecular flexibility index (Phi) is 5.33. The molecule has 0 saturated carbocycles. The van der Waals surface area contributed by atoms with Crippen molar-refractivity contribution in [2.24, 2.45) is 7.05 Å². The molecule has 1 atom stereocenters. The summed E-state index contributed by atoms with van der Waals surface area (Å²) < 4.78 is 9.72. The Morgan fingerprint density at radius 3 is 2.71 bits per heavy atom. The lowest BCUT2D eigenvalue weighted by Gasteiger charge is -2.24. The first kappa shape index (κ1) is 17.1. The van der Waals surface area contributed by atoms with Crippen molar-refractivity contribution in [3.63, 3.8) is 0 Å². The SMILES string of the molecule is CCOc1ccc(C2CCCN2Cn2nc(CO)n(C)c2=S)cc1. The predicted octanol–water partition coefficient (Wildman–Crippen LogP) is 2.64. The van der Waals surface area contributed by atoms with Crippen molar-refractivity contribution in [2.45, 2.75) is 39.1 Å². The number of aromatic nitrogens is 3. The van der Waals surface area contributed by atoms with E-state index in [0.717, 1.165) is 25.1 Å². The second kappa shape index (κ2) is 7.46. The maximum Gasteiger partial charge on any atom is 0.198 e. The van der Waals surface area contributed by atoms with E-state index >= 15 is 0 Å². The molecule has 0 amide bonds. The molecular formula is C17H24N4O2S. The third-order valence-corrected chi connectivity index (χ3v) is 5.01. The fraction of sp³-hybridized carbons (Fsp3) is 0.529. The van der Waals surface area contributed by atoms with Gasteiger partial charge in [0, 0.05) is 19.6 Å². The molecule has 0 spiro atoms. The van der Waals surface area contributed by atoms with Gasteiger partial charge in [-0.1, -0.05) is 12.1 Å². The van der Waals surface area contributed by atoms with Gasteiger partial charge < -0.3 is 14.4 Å². The highest BCUT2D eigenvalue weighted by molar-refractivity contribution is 7.71. The average molecular weight is 348 g/mol. The van der Waals surface area contributed by atoms with Crippen LogP contribution in [-0.2, 0) is 20.3 Å². The van der Waals surface area contributed by atoms with E-state index in [9.17, 15) is 5.11 Å². The highest BCUT2D eigenvalue weighted by Gasteiger charge is 2.26. The van der Waals surface area contributed by atoms with Gasteiger partial charge in [-0.15, -0.1) is 0 Å². The van der Waals surface area contributed by atoms with Crippen molar-refractivity contribution in [3.8, 4) is 5.75 Å². The predicted molar refractivity (Wildman–Crippen MR) is 94.2 cm³/mol. The molecule has 1 aromatic heterocycles. The van der Waals surface area contributed by atoms with E-state index in [1.54, 1.807) is 9.25 Å². The molecule has 0 bridgehead atoms. The first-order valence-corrected chi connectivity index (χ1v) is 8.75. The van der Waals surface area contributed by atoms with E-state index in [4.69, 9.17) is 17.0 Å². The summed E-state index contributed by atoms with van der Waals surface area (Å²) in [4.78, 5) is 2.39. The fourth-order valence-corrected chi connectivity index (χ4v) is 3.46. The van der Waals surface area contributed by atoms with E-state index in [2.05, 4.69) is 22.1 Å². The van der Waals surface area contributed by atoms with Gasteiger partial charge in [0.15, 0.2) is 10.6 Å². The van der Waals surface area contributed by atoms with Crippen molar-refractivity contribution in [3.05, 3.63) is 40.4 Å². The molecular weight excluding hydrogens is 324 g/mol. The molecule has 1 fully saturated rings. The lowest BCUT2D eigenvalue weighted by atomic mass is 10.0. The Bertz CT molecular complexity index is 738. The van der Waals surface area contributed by atoms with Crippen LogP contribution >= 0.6 is 12.2 Å². The molecule has 1 aliphatic rings. The molecule has 130 valence electrons. The summed E-state index contributed by atoms with van der Waals surface area (Å²) in [6, 6.07) is 8.72. The van der Waals surface area contributed by atoms with Crippen LogP contribution in [0.4, 0.5) is 0 Å². The van der Waals surface area contributed by atoms with Gasteiger partial charge in [-0.05, 0) is 49.7 Å². The van der Waals surface area contributed by atoms with Gasteiger partial charge in [-0.3, -0.25) is 4.90 Å². The number of hydrogen-bond acceptors (Lipinski definition) is 5. The molecule has 1 saturated heterocycles. The number of likely N-dealkylation sites (tertiary alicyclic amines) is 1. The number of ether oxygens (including phenoxy) is 1. The van der Waals surface area contributed by atoms with Crippen LogP contribution in [0.3, 0.4) is 0 Å². The number of rotatable bonds is 6. The summed E-state index contributed by atoms with van der Waals surface area (Å²) in [6.07, 6.45) is 2.28. The summed E-state index contributed by atoms with van der Waals surface area (Å²) in [5, 5.41) is 13.8. The maximum atomic E-state index is 9.35. The van der Waals surface area contributed by atoms with E-state index in [1.165, 1.54) is 5.56 Å². The van der Waals surface area contributed by atoms with Crippen LogP contribution in [0.1, 0.15) is 37.2 Å². The first-order valence-electron chi connectivity index (χ1n) is 8.34. The number of aliphatic hydroxyl groups is 1. The standard InChI is InChI=1S/C17H24N4O2S/c1-3-23-14-8-6-13(7-9-14)15-5-4-10-20(15)12-21-17(24)19(2)16(11-22)18-21/h6-9,15,22H,3-5,10-12H2,1-2H3. The van der Waals surface area contributed by atoms with Crippen LogP contribution in [-0.4, -0.2) is 37.5 Å². The molecule has 1 aromatic carbocycles. The summed E-state index contributed by atoms with van der Waals surface area (Å²) in [6.45, 7) is 4.23. The summed E-state index contributed by atoms with van der Waals surface area (Å²) in [5.41, 5.74) is 1.29. The van der Waals surface area contributed by atoms with Gasteiger partial charge in [0.2, 0.25) is 0 Å². The molecule has 0 radical (unpaired) electrons. The van der Waals surface area contributed by atoms with Crippen LogP contribution in [0.15, 0.2) is 24.3 Å². The highest BCUT2D eigenvalue weighted by atomic mass is 32.1. The summed E-state index contributed by atoms with van der Waals surface area (Å²) in [7, 11) is 1.84. The Hall–Kier alpha value is -1.70. The number of nitrogens with zero attached hydrogens (tertiary/aromatic N) is 4. The van der Waals surface area contributed by atoms with E-state index in [1.807, 2.05) is 26.1 Å². The van der Waals surface area contributed by atoms with Crippen molar-refractivity contribution in [1.82, 2.24) is 19.2 Å². The van der Waals surface area contributed by atoms with Crippen molar-refractivity contribution in [1.29, 1.82) is 0 Å². The molecule has 1 unspecified atom stereocenters. The fourth-order valence-electron chi connectivity index (χ4n) is 3.26. The molecule has 24 heavy (non-hydrogen) atoms.